The lowest BCUT2D eigenvalue weighted by Gasteiger charge is -2.31. The maximum absolute atomic E-state index is 12.1. The Morgan fingerprint density at radius 2 is 1.88 bits per heavy atom. The summed E-state index contributed by atoms with van der Waals surface area (Å²) < 4.78 is 11.5. The maximum Gasteiger partial charge on any atom is 0.339 e. The van der Waals surface area contributed by atoms with Crippen LogP contribution in [0.1, 0.15) is 22.3 Å². The highest BCUT2D eigenvalue weighted by Crippen LogP contribution is 2.35. The summed E-state index contributed by atoms with van der Waals surface area (Å²) in [5.41, 5.74) is 4.80. The molecule has 2 heterocycles. The second kappa shape index (κ2) is 5.81. The van der Waals surface area contributed by atoms with Crippen molar-refractivity contribution in [1.29, 1.82) is 0 Å². The van der Waals surface area contributed by atoms with Crippen molar-refractivity contribution in [3.05, 3.63) is 68.0 Å². The van der Waals surface area contributed by atoms with Crippen LogP contribution in [0.4, 0.5) is 5.69 Å². The van der Waals surface area contributed by atoms with Gasteiger partial charge in [0.2, 0.25) is 0 Å². The highest BCUT2D eigenvalue weighted by Gasteiger charge is 2.23. The zero-order valence-electron chi connectivity index (χ0n) is 14.4. The average Bonchev–Trinajstić information content (AvgIpc) is 2.61. The number of rotatable bonds is 1. The van der Waals surface area contributed by atoms with Gasteiger partial charge in [-0.2, -0.15) is 0 Å². The van der Waals surface area contributed by atoms with E-state index in [1.54, 1.807) is 6.92 Å². The number of anilines is 1. The molecule has 0 spiro atoms. The standard InChI is InChI=1S/C20H18ClNO3/c1-11-4-5-14(8-17(11)21)22-9-16-18(24-10-22)7-6-15-12(2)13(3)20(23)25-19(15)16/h4-8H,9-10H2,1-3H3. The summed E-state index contributed by atoms with van der Waals surface area (Å²) in [4.78, 5) is 14.2. The molecular weight excluding hydrogens is 338 g/mol. The summed E-state index contributed by atoms with van der Waals surface area (Å²) in [7, 11) is 0. The Morgan fingerprint density at radius 3 is 2.64 bits per heavy atom. The molecule has 1 aliphatic rings. The van der Waals surface area contributed by atoms with E-state index in [9.17, 15) is 4.79 Å². The Bertz CT molecular complexity index is 1050. The number of fused-ring (bicyclic) bond motifs is 3. The van der Waals surface area contributed by atoms with Gasteiger partial charge in [-0.25, -0.2) is 4.79 Å². The van der Waals surface area contributed by atoms with Crippen molar-refractivity contribution < 1.29 is 9.15 Å². The molecule has 0 unspecified atom stereocenters. The second-order valence-corrected chi connectivity index (χ2v) is 6.87. The van der Waals surface area contributed by atoms with Gasteiger partial charge >= 0.3 is 5.63 Å². The average molecular weight is 356 g/mol. The van der Waals surface area contributed by atoms with Gasteiger partial charge in [0.05, 0.1) is 12.1 Å². The van der Waals surface area contributed by atoms with E-state index in [1.807, 2.05) is 44.2 Å². The van der Waals surface area contributed by atoms with Crippen molar-refractivity contribution in [2.24, 2.45) is 0 Å². The Hall–Kier alpha value is -2.46. The fraction of sp³-hybridized carbons (Fsp3) is 0.250. The number of benzene rings is 2. The Balaban J connectivity index is 1.84. The van der Waals surface area contributed by atoms with E-state index in [4.69, 9.17) is 20.8 Å². The SMILES string of the molecule is Cc1ccc(N2COc3ccc4c(C)c(C)c(=O)oc4c3C2)cc1Cl. The molecule has 0 N–H and O–H groups in total. The highest BCUT2D eigenvalue weighted by molar-refractivity contribution is 6.31. The van der Waals surface area contributed by atoms with Crippen LogP contribution in [-0.4, -0.2) is 6.73 Å². The first-order valence-electron chi connectivity index (χ1n) is 8.15. The Kier molecular flexibility index (Phi) is 3.73. The predicted octanol–water partition coefficient (Wildman–Crippen LogP) is 4.73. The molecule has 0 saturated heterocycles. The minimum atomic E-state index is -0.297. The van der Waals surface area contributed by atoms with E-state index in [0.29, 0.717) is 24.4 Å². The van der Waals surface area contributed by atoms with Crippen LogP contribution < -0.4 is 15.3 Å². The number of halogens is 1. The minimum Gasteiger partial charge on any atom is -0.473 e. The molecule has 25 heavy (non-hydrogen) atoms. The number of hydrogen-bond donors (Lipinski definition) is 0. The highest BCUT2D eigenvalue weighted by atomic mass is 35.5. The second-order valence-electron chi connectivity index (χ2n) is 6.46. The van der Waals surface area contributed by atoms with Crippen molar-refractivity contribution in [3.8, 4) is 5.75 Å². The van der Waals surface area contributed by atoms with Gasteiger partial charge < -0.3 is 14.1 Å². The van der Waals surface area contributed by atoms with Crippen LogP contribution >= 0.6 is 11.6 Å². The quantitative estimate of drug-likeness (QED) is 0.592. The lowest BCUT2D eigenvalue weighted by atomic mass is 10.0. The molecule has 0 aliphatic carbocycles. The Morgan fingerprint density at radius 1 is 1.08 bits per heavy atom. The number of aryl methyl sites for hydroxylation is 2. The molecule has 0 amide bonds. The summed E-state index contributed by atoms with van der Waals surface area (Å²) >= 11 is 6.26. The van der Waals surface area contributed by atoms with E-state index >= 15 is 0 Å². The monoisotopic (exact) mass is 355 g/mol. The zero-order chi connectivity index (χ0) is 17.7. The third kappa shape index (κ3) is 2.57. The largest absolute Gasteiger partial charge is 0.473 e. The molecule has 1 aromatic heterocycles. The normalized spacial score (nSPS) is 13.7. The molecule has 2 aromatic carbocycles. The van der Waals surface area contributed by atoms with Crippen molar-refractivity contribution >= 4 is 28.3 Å². The van der Waals surface area contributed by atoms with Crippen molar-refractivity contribution in [2.45, 2.75) is 27.3 Å². The molecule has 128 valence electrons. The van der Waals surface area contributed by atoms with Gasteiger partial charge in [-0.3, -0.25) is 0 Å². The van der Waals surface area contributed by atoms with Crippen LogP contribution in [0.2, 0.25) is 5.02 Å². The topological polar surface area (TPSA) is 42.7 Å². The van der Waals surface area contributed by atoms with Gasteiger partial charge in [-0.05, 0) is 56.2 Å². The molecule has 0 atom stereocenters. The molecule has 5 heteroatoms. The summed E-state index contributed by atoms with van der Waals surface area (Å²) in [5.74, 6) is 0.758. The molecule has 1 aliphatic heterocycles. The molecule has 0 bridgehead atoms. The number of nitrogens with zero attached hydrogens (tertiary/aromatic N) is 1. The van der Waals surface area contributed by atoms with Crippen LogP contribution in [0.3, 0.4) is 0 Å². The van der Waals surface area contributed by atoms with Crippen LogP contribution in [0.25, 0.3) is 11.0 Å². The van der Waals surface area contributed by atoms with Gasteiger partial charge in [-0.15, -0.1) is 0 Å². The van der Waals surface area contributed by atoms with Crippen LogP contribution in [0.15, 0.2) is 39.5 Å². The lowest BCUT2D eigenvalue weighted by molar-refractivity contribution is 0.289. The summed E-state index contributed by atoms with van der Waals surface area (Å²) in [5, 5.41) is 1.67. The van der Waals surface area contributed by atoms with Crippen LogP contribution in [-0.2, 0) is 6.54 Å². The van der Waals surface area contributed by atoms with Crippen molar-refractivity contribution in [2.75, 3.05) is 11.6 Å². The maximum atomic E-state index is 12.1. The van der Waals surface area contributed by atoms with E-state index in [1.165, 1.54) is 0 Å². The summed E-state index contributed by atoms with van der Waals surface area (Å²) in [6.07, 6.45) is 0. The lowest BCUT2D eigenvalue weighted by Crippen LogP contribution is -2.32. The third-order valence-corrected chi connectivity index (χ3v) is 5.34. The smallest absolute Gasteiger partial charge is 0.339 e. The van der Waals surface area contributed by atoms with Crippen molar-refractivity contribution in [3.63, 3.8) is 0 Å². The first kappa shape index (κ1) is 16.0. The van der Waals surface area contributed by atoms with Gasteiger partial charge in [0.15, 0.2) is 6.73 Å². The molecule has 4 rings (SSSR count). The molecule has 0 saturated carbocycles. The zero-order valence-corrected chi connectivity index (χ0v) is 15.1. The molecule has 4 nitrogen and oxygen atoms in total. The fourth-order valence-corrected chi connectivity index (χ4v) is 3.33. The predicted molar refractivity (Wildman–Crippen MR) is 99.8 cm³/mol. The molecule has 3 aromatic rings. The van der Waals surface area contributed by atoms with Gasteiger partial charge in [0.1, 0.15) is 11.3 Å². The first-order chi connectivity index (χ1) is 12.0. The summed E-state index contributed by atoms with van der Waals surface area (Å²) in [6, 6.07) is 9.85. The van der Waals surface area contributed by atoms with Crippen LogP contribution in [0, 0.1) is 20.8 Å². The van der Waals surface area contributed by atoms with E-state index in [2.05, 4.69) is 4.90 Å². The molecule has 0 fully saturated rings. The number of hydrogen-bond acceptors (Lipinski definition) is 4. The van der Waals surface area contributed by atoms with Crippen LogP contribution in [0.5, 0.6) is 5.75 Å². The van der Waals surface area contributed by atoms with Crippen molar-refractivity contribution in [1.82, 2.24) is 0 Å². The first-order valence-corrected chi connectivity index (χ1v) is 8.53. The van der Waals surface area contributed by atoms with Gasteiger partial charge in [-0.1, -0.05) is 17.7 Å². The van der Waals surface area contributed by atoms with E-state index < -0.39 is 0 Å². The molecular formula is C20H18ClNO3. The third-order valence-electron chi connectivity index (χ3n) is 4.93. The molecule has 0 radical (unpaired) electrons. The van der Waals surface area contributed by atoms with Gasteiger partial charge in [0, 0.05) is 21.7 Å². The Labute approximate surface area is 150 Å². The minimum absolute atomic E-state index is 0.297. The van der Waals surface area contributed by atoms with E-state index in [-0.39, 0.29) is 5.63 Å². The summed E-state index contributed by atoms with van der Waals surface area (Å²) in [6.45, 7) is 6.73. The van der Waals surface area contributed by atoms with Gasteiger partial charge in [0.25, 0.3) is 0 Å². The number of ether oxygens (including phenoxy) is 1. The van der Waals surface area contributed by atoms with E-state index in [0.717, 1.165) is 38.5 Å². The fourth-order valence-electron chi connectivity index (χ4n) is 3.16.